The van der Waals surface area contributed by atoms with Gasteiger partial charge in [0.1, 0.15) is 47.4 Å². The number of carbonyl (C=O) groups is 1. The van der Waals surface area contributed by atoms with E-state index in [0.29, 0.717) is 35.1 Å². The molecule has 0 aliphatic carbocycles. The fraction of sp³-hybridized carbons (Fsp3) is 0.115. The van der Waals surface area contributed by atoms with Gasteiger partial charge in [0.25, 0.3) is 0 Å². The Morgan fingerprint density at radius 1 is 0.946 bits per heavy atom. The number of hydrogen-bond donors (Lipinski definition) is 2. The predicted molar refractivity (Wildman–Crippen MR) is 129 cm³/mol. The highest BCUT2D eigenvalue weighted by Gasteiger charge is 2.14. The monoisotopic (exact) mass is 508 g/mol. The van der Waals surface area contributed by atoms with Crippen molar-refractivity contribution in [2.24, 2.45) is 0 Å². The van der Waals surface area contributed by atoms with Crippen molar-refractivity contribution in [3.05, 3.63) is 83.8 Å². The summed E-state index contributed by atoms with van der Waals surface area (Å²) in [6.45, 7) is 0.601. The number of amides is 2. The molecule has 2 N–H and O–H groups in total. The number of rotatable bonds is 8. The van der Waals surface area contributed by atoms with Gasteiger partial charge in [-0.1, -0.05) is 0 Å². The van der Waals surface area contributed by atoms with Gasteiger partial charge in [0.2, 0.25) is 0 Å². The lowest BCUT2D eigenvalue weighted by Gasteiger charge is -2.13. The number of hydrogen-bond acceptors (Lipinski definition) is 6. The fourth-order valence-electron chi connectivity index (χ4n) is 3.33. The van der Waals surface area contributed by atoms with Crippen LogP contribution < -0.4 is 20.1 Å². The Morgan fingerprint density at radius 2 is 1.68 bits per heavy atom. The van der Waals surface area contributed by atoms with E-state index in [2.05, 4.69) is 21.7 Å². The number of aromatic nitrogens is 1. The first-order chi connectivity index (χ1) is 17.9. The highest BCUT2D eigenvalue weighted by Crippen LogP contribution is 2.34. The number of carbonyl (C=O) groups excluding carboxylic acids is 1. The molecule has 11 heteroatoms. The third-order valence-corrected chi connectivity index (χ3v) is 5.06. The molecule has 1 aromatic heterocycles. The summed E-state index contributed by atoms with van der Waals surface area (Å²) < 4.78 is 57.8. The molecular weight excluding hydrogens is 489 g/mol. The maximum Gasteiger partial charge on any atom is 0.323 e. The zero-order chi connectivity index (χ0) is 26.4. The number of fused-ring (bicyclic) bond motifs is 1. The number of urea groups is 1. The van der Waals surface area contributed by atoms with E-state index in [0.717, 1.165) is 18.2 Å². The van der Waals surface area contributed by atoms with Crippen LogP contribution in [0.1, 0.15) is 5.56 Å². The van der Waals surface area contributed by atoms with Crippen molar-refractivity contribution < 1.29 is 32.2 Å². The van der Waals surface area contributed by atoms with E-state index in [-0.39, 0.29) is 29.3 Å². The van der Waals surface area contributed by atoms with Crippen LogP contribution in [0.2, 0.25) is 0 Å². The Balaban J connectivity index is 1.51. The number of ether oxygens (including phenoxy) is 3. The minimum atomic E-state index is -0.975. The van der Waals surface area contributed by atoms with Crippen LogP contribution in [0.25, 0.3) is 10.9 Å². The SMILES string of the molecule is COCCOc1cc2nccc(Oc3ccc(NC(=O)Nc4ccc(F)cc4F)c(F)c3)c2cc1C#N. The minimum Gasteiger partial charge on any atom is -0.490 e. The summed E-state index contributed by atoms with van der Waals surface area (Å²) in [5, 5.41) is 14.5. The van der Waals surface area contributed by atoms with Crippen molar-refractivity contribution >= 4 is 28.3 Å². The molecule has 0 fully saturated rings. The largest absolute Gasteiger partial charge is 0.490 e. The van der Waals surface area contributed by atoms with Crippen LogP contribution in [-0.4, -0.2) is 31.3 Å². The molecule has 0 saturated carbocycles. The number of anilines is 2. The van der Waals surface area contributed by atoms with Crippen molar-refractivity contribution in [3.63, 3.8) is 0 Å². The summed E-state index contributed by atoms with van der Waals surface area (Å²) in [7, 11) is 1.54. The van der Waals surface area contributed by atoms with Crippen LogP contribution in [0.3, 0.4) is 0 Å². The van der Waals surface area contributed by atoms with Gasteiger partial charge in [-0.05, 0) is 36.4 Å². The zero-order valence-corrected chi connectivity index (χ0v) is 19.3. The first-order valence-electron chi connectivity index (χ1n) is 10.8. The molecule has 1 heterocycles. The minimum absolute atomic E-state index is 0.111. The number of halogens is 3. The molecule has 0 saturated heterocycles. The first-order valence-corrected chi connectivity index (χ1v) is 10.8. The van der Waals surface area contributed by atoms with E-state index >= 15 is 0 Å². The second kappa shape index (κ2) is 11.3. The van der Waals surface area contributed by atoms with Crippen LogP contribution in [0.4, 0.5) is 29.3 Å². The van der Waals surface area contributed by atoms with Gasteiger partial charge in [0.15, 0.2) is 0 Å². The van der Waals surface area contributed by atoms with Gasteiger partial charge in [-0.15, -0.1) is 0 Å². The highest BCUT2D eigenvalue weighted by molar-refractivity contribution is 6.00. The normalized spacial score (nSPS) is 10.6. The molecule has 3 aromatic carbocycles. The van der Waals surface area contributed by atoms with Gasteiger partial charge in [-0.3, -0.25) is 4.98 Å². The van der Waals surface area contributed by atoms with E-state index in [1.165, 1.54) is 25.4 Å². The molecular formula is C26H19F3N4O4. The molecule has 0 aliphatic rings. The Kier molecular flexibility index (Phi) is 7.71. The standard InChI is InChI=1S/C26H19F3N4O4/c1-35-8-9-36-25-13-23-18(10-15(25)14-30)24(6-7-31-23)37-17-3-5-22(20(29)12-17)33-26(34)32-21-4-2-16(27)11-19(21)28/h2-7,10-13H,8-9H2,1H3,(H2,32,33,34). The Bertz CT molecular complexity index is 1510. The molecule has 0 atom stereocenters. The third-order valence-electron chi connectivity index (χ3n) is 5.06. The number of nitrogens with one attached hydrogen (secondary N) is 2. The number of pyridine rings is 1. The molecule has 4 aromatic rings. The Hall–Kier alpha value is -4.82. The van der Waals surface area contributed by atoms with E-state index in [1.54, 1.807) is 18.2 Å². The number of nitriles is 1. The topological polar surface area (TPSA) is 106 Å². The van der Waals surface area contributed by atoms with Crippen molar-refractivity contribution in [1.29, 1.82) is 5.26 Å². The Morgan fingerprint density at radius 3 is 2.35 bits per heavy atom. The average molecular weight is 508 g/mol. The van der Waals surface area contributed by atoms with E-state index in [9.17, 15) is 23.2 Å². The summed E-state index contributed by atoms with van der Waals surface area (Å²) in [5.74, 6) is -1.83. The lowest BCUT2D eigenvalue weighted by Crippen LogP contribution is -2.20. The van der Waals surface area contributed by atoms with Crippen molar-refractivity contribution in [1.82, 2.24) is 4.98 Å². The van der Waals surface area contributed by atoms with Crippen molar-refractivity contribution in [2.75, 3.05) is 31.0 Å². The van der Waals surface area contributed by atoms with Gasteiger partial charge in [0.05, 0.1) is 29.1 Å². The molecule has 0 bridgehead atoms. The molecule has 0 unspecified atom stereocenters. The smallest absolute Gasteiger partial charge is 0.323 e. The zero-order valence-electron chi connectivity index (χ0n) is 19.3. The average Bonchev–Trinajstić information content (AvgIpc) is 2.87. The quantitative estimate of drug-likeness (QED) is 0.284. The van der Waals surface area contributed by atoms with E-state index < -0.39 is 23.5 Å². The predicted octanol–water partition coefficient (Wildman–Crippen LogP) is 5.99. The maximum atomic E-state index is 14.7. The first kappa shape index (κ1) is 25.3. The van der Waals surface area contributed by atoms with Crippen LogP contribution in [0.15, 0.2) is 60.8 Å². The van der Waals surface area contributed by atoms with Gasteiger partial charge in [-0.25, -0.2) is 18.0 Å². The lowest BCUT2D eigenvalue weighted by molar-refractivity contribution is 0.146. The van der Waals surface area contributed by atoms with Gasteiger partial charge < -0.3 is 24.8 Å². The molecule has 0 aliphatic heterocycles. The van der Waals surface area contributed by atoms with E-state index in [4.69, 9.17) is 14.2 Å². The second-order valence-corrected chi connectivity index (χ2v) is 7.57. The van der Waals surface area contributed by atoms with Crippen LogP contribution in [-0.2, 0) is 4.74 Å². The summed E-state index contributed by atoms with van der Waals surface area (Å²) in [6.07, 6.45) is 1.49. The molecule has 0 radical (unpaired) electrons. The highest BCUT2D eigenvalue weighted by atomic mass is 19.1. The lowest BCUT2D eigenvalue weighted by atomic mass is 10.1. The number of methoxy groups -OCH3 is 1. The number of nitrogens with zero attached hydrogens (tertiary/aromatic N) is 2. The van der Waals surface area contributed by atoms with Crippen molar-refractivity contribution in [3.8, 4) is 23.3 Å². The van der Waals surface area contributed by atoms with Crippen LogP contribution in [0.5, 0.6) is 17.2 Å². The Labute approximate surface area is 209 Å². The summed E-state index contributed by atoms with van der Waals surface area (Å²) in [6, 6.07) is 12.2. The fourth-order valence-corrected chi connectivity index (χ4v) is 3.33. The molecule has 8 nitrogen and oxygen atoms in total. The summed E-state index contributed by atoms with van der Waals surface area (Å²) in [4.78, 5) is 16.4. The molecule has 37 heavy (non-hydrogen) atoms. The molecule has 4 rings (SSSR count). The second-order valence-electron chi connectivity index (χ2n) is 7.57. The van der Waals surface area contributed by atoms with Gasteiger partial charge in [-0.2, -0.15) is 5.26 Å². The number of benzene rings is 3. The van der Waals surface area contributed by atoms with Crippen molar-refractivity contribution in [2.45, 2.75) is 0 Å². The summed E-state index contributed by atoms with van der Waals surface area (Å²) >= 11 is 0. The van der Waals surface area contributed by atoms with Crippen LogP contribution >= 0.6 is 0 Å². The van der Waals surface area contributed by atoms with Gasteiger partial charge >= 0.3 is 6.03 Å². The van der Waals surface area contributed by atoms with Gasteiger partial charge in [0, 0.05) is 36.9 Å². The van der Waals surface area contributed by atoms with Crippen LogP contribution in [0, 0.1) is 28.8 Å². The molecule has 2 amide bonds. The maximum absolute atomic E-state index is 14.7. The molecule has 188 valence electrons. The summed E-state index contributed by atoms with van der Waals surface area (Å²) in [5.41, 5.74) is 0.285. The third kappa shape index (κ3) is 6.06. The molecule has 0 spiro atoms. The van der Waals surface area contributed by atoms with E-state index in [1.807, 2.05) is 0 Å².